The van der Waals surface area contributed by atoms with Crippen LogP contribution in [0.15, 0.2) is 0 Å². The summed E-state index contributed by atoms with van der Waals surface area (Å²) < 4.78 is 31.2. The van der Waals surface area contributed by atoms with E-state index in [4.69, 9.17) is 11.5 Å². The molecule has 1 fully saturated rings. The molecule has 0 amide bonds. The number of ether oxygens (including phenoxy) is 1. The molecule has 1 aliphatic carbocycles. The molecule has 5 heteroatoms. The van der Waals surface area contributed by atoms with Gasteiger partial charge in [-0.2, -0.15) is 0 Å². The molecule has 1 unspecified atom stereocenters. The van der Waals surface area contributed by atoms with Gasteiger partial charge in [0, 0.05) is 6.42 Å². The van der Waals surface area contributed by atoms with Crippen LogP contribution in [0.5, 0.6) is 0 Å². The number of hydrogen-bond acceptors (Lipinski definition) is 2. The first-order chi connectivity index (χ1) is 6.46. The first kappa shape index (κ1) is 10.9. The average Bonchev–Trinajstić information content (AvgIpc) is 2.38. The number of alkyl halides is 2. The second kappa shape index (κ2) is 3.54. The molecule has 0 aromatic heterocycles. The molecule has 0 saturated heterocycles. The number of carboxylic acids is 1. The molecule has 0 radical (unpaired) electrons. The van der Waals surface area contributed by atoms with E-state index in [0.29, 0.717) is 0 Å². The van der Waals surface area contributed by atoms with Gasteiger partial charge < -0.3 is 9.84 Å². The smallest absolute Gasteiger partial charge is 0.342 e. The lowest BCUT2D eigenvalue weighted by Crippen LogP contribution is -2.52. The number of terminal acetylenes is 1. The van der Waals surface area contributed by atoms with Crippen molar-refractivity contribution in [2.24, 2.45) is 0 Å². The first-order valence-corrected chi connectivity index (χ1v) is 4.15. The molecule has 0 spiro atoms. The Morgan fingerprint density at radius 3 is 2.57 bits per heavy atom. The Hall–Kier alpha value is -1.15. The minimum Gasteiger partial charge on any atom is -0.479 e. The van der Waals surface area contributed by atoms with Crippen LogP contribution in [0, 0.1) is 12.3 Å². The molecule has 3 nitrogen and oxygen atoms in total. The predicted octanol–water partition coefficient (Wildman–Crippen LogP) is 1.28. The largest absolute Gasteiger partial charge is 0.479 e. The predicted molar refractivity (Wildman–Crippen MR) is 43.9 cm³/mol. The summed E-state index contributed by atoms with van der Waals surface area (Å²) >= 11 is 0. The van der Waals surface area contributed by atoms with E-state index < -0.39 is 30.5 Å². The van der Waals surface area contributed by atoms with Crippen LogP contribution in [0.3, 0.4) is 0 Å². The van der Waals surface area contributed by atoms with Crippen molar-refractivity contribution in [1.82, 2.24) is 0 Å². The highest BCUT2D eigenvalue weighted by molar-refractivity contribution is 5.79. The van der Waals surface area contributed by atoms with Crippen molar-refractivity contribution in [1.29, 1.82) is 0 Å². The molecule has 0 heterocycles. The van der Waals surface area contributed by atoms with Crippen molar-refractivity contribution < 1.29 is 23.4 Å². The van der Waals surface area contributed by atoms with Gasteiger partial charge in [-0.3, -0.25) is 0 Å². The van der Waals surface area contributed by atoms with Crippen molar-refractivity contribution in [3.05, 3.63) is 0 Å². The minimum absolute atomic E-state index is 0.129. The Morgan fingerprint density at radius 1 is 1.57 bits per heavy atom. The maximum Gasteiger partial charge on any atom is 0.342 e. The van der Waals surface area contributed by atoms with E-state index in [9.17, 15) is 13.6 Å². The Balaban J connectivity index is 2.93. The molecule has 1 rings (SSSR count). The van der Waals surface area contributed by atoms with Gasteiger partial charge in [-0.15, -0.1) is 6.42 Å². The molecule has 1 aliphatic rings. The zero-order valence-electron chi connectivity index (χ0n) is 7.43. The summed E-state index contributed by atoms with van der Waals surface area (Å²) in [6.07, 6.45) is 4.30. The number of aliphatic carboxylic acids is 1. The van der Waals surface area contributed by atoms with E-state index in [1.54, 1.807) is 0 Å². The molecular formula is C9H10F2O3. The molecule has 0 bridgehead atoms. The monoisotopic (exact) mass is 204 g/mol. The molecular weight excluding hydrogens is 194 g/mol. The van der Waals surface area contributed by atoms with Gasteiger partial charge in [0.15, 0.2) is 0 Å². The third kappa shape index (κ3) is 1.46. The maximum atomic E-state index is 13.3. The quantitative estimate of drug-likeness (QED) is 0.704. The van der Waals surface area contributed by atoms with Crippen molar-refractivity contribution in [3.63, 3.8) is 0 Å². The molecule has 0 aromatic rings. The van der Waals surface area contributed by atoms with Crippen LogP contribution in [0.2, 0.25) is 0 Å². The highest BCUT2D eigenvalue weighted by atomic mass is 19.3. The Bertz CT molecular complexity index is 282. The second-order valence-electron chi connectivity index (χ2n) is 3.18. The first-order valence-electron chi connectivity index (χ1n) is 4.15. The normalized spacial score (nSPS) is 29.8. The second-order valence-corrected chi connectivity index (χ2v) is 3.18. The number of carbonyl (C=O) groups is 1. The lowest BCUT2D eigenvalue weighted by atomic mass is 9.99. The van der Waals surface area contributed by atoms with Gasteiger partial charge >= 0.3 is 5.97 Å². The summed E-state index contributed by atoms with van der Waals surface area (Å²) in [6.45, 7) is -0.415. The lowest BCUT2D eigenvalue weighted by molar-refractivity contribution is -0.208. The number of hydrogen-bond donors (Lipinski definition) is 1. The fourth-order valence-corrected chi connectivity index (χ4v) is 1.61. The van der Waals surface area contributed by atoms with E-state index in [2.05, 4.69) is 4.74 Å². The zero-order valence-corrected chi connectivity index (χ0v) is 7.43. The SMILES string of the molecule is C#CCOC1(C(=O)O)CCCC1(F)F. The Labute approximate surface area is 80.1 Å². The molecule has 0 aliphatic heterocycles. The molecule has 78 valence electrons. The van der Waals surface area contributed by atoms with Gasteiger partial charge in [0.25, 0.3) is 5.92 Å². The highest BCUT2D eigenvalue weighted by Crippen LogP contribution is 2.46. The molecule has 1 atom stereocenters. The minimum atomic E-state index is -3.34. The lowest BCUT2D eigenvalue weighted by Gasteiger charge is -2.29. The number of rotatable bonds is 3. The fraction of sp³-hybridized carbons (Fsp3) is 0.667. The third-order valence-corrected chi connectivity index (χ3v) is 2.36. The van der Waals surface area contributed by atoms with Crippen LogP contribution >= 0.6 is 0 Å². The summed E-state index contributed by atoms with van der Waals surface area (Å²) in [4.78, 5) is 10.8. The van der Waals surface area contributed by atoms with Gasteiger partial charge in [0.1, 0.15) is 6.61 Å². The van der Waals surface area contributed by atoms with Gasteiger partial charge in [-0.25, -0.2) is 13.6 Å². The maximum absolute atomic E-state index is 13.3. The van der Waals surface area contributed by atoms with E-state index in [-0.39, 0.29) is 12.8 Å². The van der Waals surface area contributed by atoms with E-state index in [1.807, 2.05) is 5.92 Å². The number of halogens is 2. The van der Waals surface area contributed by atoms with Crippen LogP contribution < -0.4 is 0 Å². The zero-order chi connectivity index (χ0) is 10.8. The highest BCUT2D eigenvalue weighted by Gasteiger charge is 2.63. The van der Waals surface area contributed by atoms with Crippen molar-refractivity contribution in [2.75, 3.05) is 6.61 Å². The van der Waals surface area contributed by atoms with Gasteiger partial charge in [0.2, 0.25) is 5.60 Å². The van der Waals surface area contributed by atoms with Crippen LogP contribution in [-0.2, 0) is 9.53 Å². The Kier molecular flexibility index (Phi) is 2.76. The summed E-state index contributed by atoms with van der Waals surface area (Å²) in [6, 6.07) is 0. The van der Waals surface area contributed by atoms with Crippen molar-refractivity contribution >= 4 is 5.97 Å². The molecule has 0 aromatic carbocycles. The summed E-state index contributed by atoms with van der Waals surface area (Å²) in [7, 11) is 0. The topological polar surface area (TPSA) is 46.5 Å². The van der Waals surface area contributed by atoms with Crippen LogP contribution in [0.1, 0.15) is 19.3 Å². The summed E-state index contributed by atoms with van der Waals surface area (Å²) in [5.41, 5.74) is -2.42. The standard InChI is InChI=1S/C9H10F2O3/c1-2-6-14-8(7(12)13)4-3-5-9(8,10)11/h1H,3-6H2,(H,12,13). The van der Waals surface area contributed by atoms with Crippen LogP contribution in [-0.4, -0.2) is 29.2 Å². The molecule has 1 N–H and O–H groups in total. The summed E-state index contributed by atoms with van der Waals surface area (Å²) in [5, 5.41) is 8.75. The van der Waals surface area contributed by atoms with Crippen molar-refractivity contribution in [2.45, 2.75) is 30.8 Å². The van der Waals surface area contributed by atoms with E-state index in [1.165, 1.54) is 0 Å². The van der Waals surface area contributed by atoms with E-state index in [0.717, 1.165) is 0 Å². The third-order valence-electron chi connectivity index (χ3n) is 2.36. The molecule has 1 saturated carbocycles. The van der Waals surface area contributed by atoms with Crippen LogP contribution in [0.25, 0.3) is 0 Å². The average molecular weight is 204 g/mol. The van der Waals surface area contributed by atoms with Crippen LogP contribution in [0.4, 0.5) is 8.78 Å². The summed E-state index contributed by atoms with van der Waals surface area (Å²) in [5.74, 6) is -2.99. The Morgan fingerprint density at radius 2 is 2.21 bits per heavy atom. The molecule has 14 heavy (non-hydrogen) atoms. The number of carboxylic acid groups (broad SMARTS) is 1. The van der Waals surface area contributed by atoms with Gasteiger partial charge in [0.05, 0.1) is 0 Å². The fourth-order valence-electron chi connectivity index (χ4n) is 1.61. The van der Waals surface area contributed by atoms with Crippen molar-refractivity contribution in [3.8, 4) is 12.3 Å². The van der Waals surface area contributed by atoms with Gasteiger partial charge in [-0.05, 0) is 12.8 Å². The van der Waals surface area contributed by atoms with Gasteiger partial charge in [-0.1, -0.05) is 5.92 Å². The van der Waals surface area contributed by atoms with E-state index >= 15 is 0 Å².